The van der Waals surface area contributed by atoms with Crippen LogP contribution >= 0.6 is 0 Å². The summed E-state index contributed by atoms with van der Waals surface area (Å²) in [5.74, 6) is -1.41. The first-order valence-electron chi connectivity index (χ1n) is 5.02. The Bertz CT molecular complexity index is 275. The maximum atomic E-state index is 11.6. The Morgan fingerprint density at radius 3 is 2.40 bits per heavy atom. The predicted molar refractivity (Wildman–Crippen MR) is 53.2 cm³/mol. The topological polar surface area (TPSA) is 86.6 Å². The SMILES string of the molecule is CC1(C)CC1C(=O)N[C@H](CCO)C(=O)O. The largest absolute Gasteiger partial charge is 0.480 e. The number of aliphatic hydroxyl groups is 1. The van der Waals surface area contributed by atoms with E-state index in [0.717, 1.165) is 6.42 Å². The molecule has 0 aliphatic heterocycles. The van der Waals surface area contributed by atoms with Gasteiger partial charge in [-0.15, -0.1) is 0 Å². The van der Waals surface area contributed by atoms with E-state index in [1.54, 1.807) is 0 Å². The molecule has 5 heteroatoms. The highest BCUT2D eigenvalue weighted by molar-refractivity contribution is 5.87. The summed E-state index contributed by atoms with van der Waals surface area (Å²) in [5, 5.41) is 19.8. The van der Waals surface area contributed by atoms with Gasteiger partial charge in [0.05, 0.1) is 0 Å². The van der Waals surface area contributed by atoms with Crippen molar-refractivity contribution in [3.63, 3.8) is 0 Å². The highest BCUT2D eigenvalue weighted by Crippen LogP contribution is 2.51. The Morgan fingerprint density at radius 2 is 2.07 bits per heavy atom. The van der Waals surface area contributed by atoms with Crippen LogP contribution in [0.4, 0.5) is 0 Å². The van der Waals surface area contributed by atoms with Crippen LogP contribution in [0, 0.1) is 11.3 Å². The van der Waals surface area contributed by atoms with Gasteiger partial charge in [-0.2, -0.15) is 0 Å². The summed E-state index contributed by atoms with van der Waals surface area (Å²) in [7, 11) is 0. The van der Waals surface area contributed by atoms with E-state index in [1.807, 2.05) is 13.8 Å². The van der Waals surface area contributed by atoms with Crippen molar-refractivity contribution in [1.82, 2.24) is 5.32 Å². The van der Waals surface area contributed by atoms with Crippen LogP contribution < -0.4 is 5.32 Å². The normalized spacial score (nSPS) is 24.3. The second kappa shape index (κ2) is 4.18. The minimum Gasteiger partial charge on any atom is -0.480 e. The zero-order valence-electron chi connectivity index (χ0n) is 8.99. The molecule has 86 valence electrons. The molecule has 1 unspecified atom stereocenters. The van der Waals surface area contributed by atoms with Gasteiger partial charge in [0.15, 0.2) is 0 Å². The molecule has 0 aromatic carbocycles. The monoisotopic (exact) mass is 215 g/mol. The molecule has 1 fully saturated rings. The third-order valence-corrected chi connectivity index (χ3v) is 2.86. The van der Waals surface area contributed by atoms with Gasteiger partial charge in [0.2, 0.25) is 5.91 Å². The van der Waals surface area contributed by atoms with Crippen molar-refractivity contribution in [3.05, 3.63) is 0 Å². The van der Waals surface area contributed by atoms with Gasteiger partial charge in [-0.25, -0.2) is 4.79 Å². The molecule has 15 heavy (non-hydrogen) atoms. The minimum absolute atomic E-state index is 0.00759. The van der Waals surface area contributed by atoms with Crippen molar-refractivity contribution in [2.24, 2.45) is 11.3 Å². The molecule has 2 atom stereocenters. The van der Waals surface area contributed by atoms with Gasteiger partial charge in [-0.3, -0.25) is 4.79 Å². The summed E-state index contributed by atoms with van der Waals surface area (Å²) in [6.45, 7) is 3.70. The van der Waals surface area contributed by atoms with Crippen LogP contribution in [0.5, 0.6) is 0 Å². The number of carboxylic acid groups (broad SMARTS) is 1. The molecule has 5 nitrogen and oxygen atoms in total. The molecular formula is C10H17NO4. The van der Waals surface area contributed by atoms with E-state index in [1.165, 1.54) is 0 Å². The zero-order valence-corrected chi connectivity index (χ0v) is 8.99. The quantitative estimate of drug-likeness (QED) is 0.601. The number of hydrogen-bond acceptors (Lipinski definition) is 3. The van der Waals surface area contributed by atoms with E-state index in [2.05, 4.69) is 5.32 Å². The van der Waals surface area contributed by atoms with Crippen LogP contribution in [0.3, 0.4) is 0 Å². The molecule has 1 rings (SSSR count). The van der Waals surface area contributed by atoms with Crippen LogP contribution in [-0.2, 0) is 9.59 Å². The number of carbonyl (C=O) groups excluding carboxylic acids is 1. The first-order chi connectivity index (χ1) is 6.88. The first-order valence-corrected chi connectivity index (χ1v) is 5.02. The van der Waals surface area contributed by atoms with Crippen LogP contribution in [-0.4, -0.2) is 34.7 Å². The average Bonchev–Trinajstić information content (AvgIpc) is 2.74. The van der Waals surface area contributed by atoms with Gasteiger partial charge >= 0.3 is 5.97 Å². The molecular weight excluding hydrogens is 198 g/mol. The number of amides is 1. The second-order valence-corrected chi connectivity index (χ2v) is 4.66. The standard InChI is InChI=1S/C10H17NO4/c1-10(2)5-6(10)8(13)11-7(3-4-12)9(14)15/h6-7,12H,3-5H2,1-2H3,(H,11,13)(H,14,15)/t6?,7-/m1/s1. The maximum absolute atomic E-state index is 11.6. The Hall–Kier alpha value is -1.10. The van der Waals surface area contributed by atoms with Crippen LogP contribution in [0.25, 0.3) is 0 Å². The van der Waals surface area contributed by atoms with Crippen molar-refractivity contribution < 1.29 is 19.8 Å². The van der Waals surface area contributed by atoms with Gasteiger partial charge < -0.3 is 15.5 Å². The molecule has 0 saturated heterocycles. The van der Waals surface area contributed by atoms with Crippen molar-refractivity contribution in [2.75, 3.05) is 6.61 Å². The van der Waals surface area contributed by atoms with Crippen molar-refractivity contribution >= 4 is 11.9 Å². The summed E-state index contributed by atoms with van der Waals surface area (Å²) in [6.07, 6.45) is 0.846. The lowest BCUT2D eigenvalue weighted by Crippen LogP contribution is -2.42. The van der Waals surface area contributed by atoms with Crippen molar-refractivity contribution in [2.45, 2.75) is 32.7 Å². The molecule has 1 aliphatic rings. The predicted octanol–water partition coefficient (Wildman–Crippen LogP) is -0.0157. The summed E-state index contributed by atoms with van der Waals surface area (Å²) in [6, 6.07) is -0.973. The minimum atomic E-state index is -1.10. The van der Waals surface area contributed by atoms with E-state index >= 15 is 0 Å². The third kappa shape index (κ3) is 2.92. The van der Waals surface area contributed by atoms with E-state index in [4.69, 9.17) is 10.2 Å². The van der Waals surface area contributed by atoms with Gasteiger partial charge in [0, 0.05) is 18.9 Å². The molecule has 0 heterocycles. The van der Waals surface area contributed by atoms with Crippen LogP contribution in [0.2, 0.25) is 0 Å². The Morgan fingerprint density at radius 1 is 1.53 bits per heavy atom. The third-order valence-electron chi connectivity index (χ3n) is 2.86. The molecule has 0 bridgehead atoms. The summed E-state index contributed by atoms with van der Waals surface area (Å²) < 4.78 is 0. The van der Waals surface area contributed by atoms with Crippen molar-refractivity contribution in [3.8, 4) is 0 Å². The van der Waals surface area contributed by atoms with E-state index in [0.29, 0.717) is 0 Å². The molecule has 1 amide bonds. The Kier molecular flexibility index (Phi) is 3.34. The number of aliphatic hydroxyl groups excluding tert-OH is 1. The molecule has 1 aliphatic carbocycles. The van der Waals surface area contributed by atoms with Gasteiger partial charge in [0.25, 0.3) is 0 Å². The fraction of sp³-hybridized carbons (Fsp3) is 0.800. The number of nitrogens with one attached hydrogen (secondary N) is 1. The molecule has 0 radical (unpaired) electrons. The summed E-state index contributed by atoms with van der Waals surface area (Å²) in [4.78, 5) is 22.3. The second-order valence-electron chi connectivity index (χ2n) is 4.66. The zero-order chi connectivity index (χ0) is 11.6. The first kappa shape index (κ1) is 12.0. The number of rotatable bonds is 5. The van der Waals surface area contributed by atoms with Crippen LogP contribution in [0.15, 0.2) is 0 Å². The summed E-state index contributed by atoms with van der Waals surface area (Å²) in [5.41, 5.74) is -0.00759. The highest BCUT2D eigenvalue weighted by atomic mass is 16.4. The number of carboxylic acids is 1. The van der Waals surface area contributed by atoms with Gasteiger partial charge in [-0.1, -0.05) is 13.8 Å². The average molecular weight is 215 g/mol. The highest BCUT2D eigenvalue weighted by Gasteiger charge is 2.51. The molecule has 0 aromatic heterocycles. The summed E-state index contributed by atoms with van der Waals surface area (Å²) >= 11 is 0. The lowest BCUT2D eigenvalue weighted by Gasteiger charge is -2.13. The smallest absolute Gasteiger partial charge is 0.326 e. The number of carbonyl (C=O) groups is 2. The van der Waals surface area contributed by atoms with E-state index in [9.17, 15) is 9.59 Å². The Labute approximate surface area is 88.5 Å². The molecule has 0 spiro atoms. The van der Waals surface area contributed by atoms with E-state index in [-0.39, 0.29) is 30.3 Å². The number of hydrogen-bond donors (Lipinski definition) is 3. The van der Waals surface area contributed by atoms with Crippen LogP contribution in [0.1, 0.15) is 26.7 Å². The van der Waals surface area contributed by atoms with Crippen molar-refractivity contribution in [1.29, 1.82) is 0 Å². The Balaban J connectivity index is 2.45. The van der Waals surface area contributed by atoms with Gasteiger partial charge in [0.1, 0.15) is 6.04 Å². The fourth-order valence-corrected chi connectivity index (χ4v) is 1.57. The number of aliphatic carboxylic acids is 1. The van der Waals surface area contributed by atoms with E-state index < -0.39 is 12.0 Å². The molecule has 3 N–H and O–H groups in total. The molecule has 1 saturated carbocycles. The lowest BCUT2D eigenvalue weighted by atomic mass is 10.1. The fourth-order valence-electron chi connectivity index (χ4n) is 1.57. The lowest BCUT2D eigenvalue weighted by molar-refractivity contribution is -0.142. The maximum Gasteiger partial charge on any atom is 0.326 e. The molecule has 0 aromatic rings. The van der Waals surface area contributed by atoms with Gasteiger partial charge in [-0.05, 0) is 11.8 Å².